The summed E-state index contributed by atoms with van der Waals surface area (Å²) in [6, 6.07) is 0. The fourth-order valence-corrected chi connectivity index (χ4v) is 1.55. The van der Waals surface area contributed by atoms with Crippen molar-refractivity contribution in [1.29, 1.82) is 0 Å². The highest BCUT2D eigenvalue weighted by Gasteiger charge is 2.17. The molecule has 1 rings (SSSR count). The summed E-state index contributed by atoms with van der Waals surface area (Å²) >= 11 is 0. The average molecular weight is 253 g/mol. The normalized spacial score (nSPS) is 10.3. The fourth-order valence-electron chi connectivity index (χ4n) is 1.55. The Labute approximate surface area is 106 Å². The zero-order valence-electron chi connectivity index (χ0n) is 10.7. The third-order valence-corrected chi connectivity index (χ3v) is 2.51. The van der Waals surface area contributed by atoms with Crippen molar-refractivity contribution in [2.24, 2.45) is 0 Å². The van der Waals surface area contributed by atoms with E-state index in [0.717, 1.165) is 25.7 Å². The number of aromatic hydroxyl groups is 2. The minimum absolute atomic E-state index is 0.185. The molecule has 0 unspecified atom stereocenters. The first-order chi connectivity index (χ1) is 8.56. The maximum absolute atomic E-state index is 11.7. The molecule has 0 fully saturated rings. The summed E-state index contributed by atoms with van der Waals surface area (Å²) < 4.78 is 0. The molecule has 6 nitrogen and oxygen atoms in total. The average Bonchev–Trinajstić information content (AvgIpc) is 2.33. The van der Waals surface area contributed by atoms with E-state index in [1.54, 1.807) is 0 Å². The van der Waals surface area contributed by atoms with Gasteiger partial charge in [-0.25, -0.2) is 4.98 Å². The van der Waals surface area contributed by atoms with Gasteiger partial charge in [0, 0.05) is 6.54 Å². The predicted molar refractivity (Wildman–Crippen MR) is 66.6 cm³/mol. The lowest BCUT2D eigenvalue weighted by molar-refractivity contribution is 0.0943. The Kier molecular flexibility index (Phi) is 5.35. The molecule has 1 aromatic rings. The quantitative estimate of drug-likeness (QED) is 0.668. The molecule has 0 atom stereocenters. The monoisotopic (exact) mass is 253 g/mol. The molecule has 100 valence electrons. The summed E-state index contributed by atoms with van der Waals surface area (Å²) in [6.45, 7) is 4.18. The number of nitrogens with zero attached hydrogens (tertiary/aromatic N) is 2. The van der Waals surface area contributed by atoms with Crippen LogP contribution in [0.5, 0.6) is 11.6 Å². The maximum atomic E-state index is 11.7. The van der Waals surface area contributed by atoms with E-state index in [1.807, 2.05) is 0 Å². The van der Waals surface area contributed by atoms with Crippen molar-refractivity contribution in [3.8, 4) is 11.6 Å². The smallest absolute Gasteiger partial charge is 0.274 e. The molecular formula is C12H19N3O3. The zero-order chi connectivity index (χ0) is 13.5. The molecule has 1 heterocycles. The van der Waals surface area contributed by atoms with Gasteiger partial charge in [0.05, 0.1) is 0 Å². The van der Waals surface area contributed by atoms with Crippen molar-refractivity contribution >= 4 is 5.91 Å². The van der Waals surface area contributed by atoms with Crippen molar-refractivity contribution in [3.05, 3.63) is 11.5 Å². The van der Waals surface area contributed by atoms with Gasteiger partial charge in [-0.3, -0.25) is 4.79 Å². The van der Waals surface area contributed by atoms with Gasteiger partial charge in [-0.05, 0) is 13.3 Å². The van der Waals surface area contributed by atoms with E-state index in [2.05, 4.69) is 22.2 Å². The molecule has 0 aliphatic heterocycles. The summed E-state index contributed by atoms with van der Waals surface area (Å²) in [6.07, 6.45) is 4.20. The standard InChI is InChI=1S/C12H19N3O3/c1-3-4-5-6-7-13-11(17)9-10(16)12(18)15-8(2)14-9/h16H,3-7H2,1-2H3,(H,13,17)(H,14,15,18). The van der Waals surface area contributed by atoms with Crippen LogP contribution in [0.1, 0.15) is 48.9 Å². The van der Waals surface area contributed by atoms with E-state index < -0.39 is 17.5 Å². The van der Waals surface area contributed by atoms with Gasteiger partial charge in [-0.15, -0.1) is 0 Å². The van der Waals surface area contributed by atoms with Crippen LogP contribution in [-0.4, -0.2) is 32.6 Å². The van der Waals surface area contributed by atoms with E-state index in [1.165, 1.54) is 6.92 Å². The van der Waals surface area contributed by atoms with Crippen molar-refractivity contribution in [2.45, 2.75) is 39.5 Å². The molecule has 0 aliphatic rings. The second kappa shape index (κ2) is 6.78. The molecule has 6 heteroatoms. The third-order valence-electron chi connectivity index (χ3n) is 2.51. The zero-order valence-corrected chi connectivity index (χ0v) is 10.7. The van der Waals surface area contributed by atoms with Crippen LogP contribution in [0.2, 0.25) is 0 Å². The number of rotatable bonds is 6. The van der Waals surface area contributed by atoms with E-state index in [9.17, 15) is 15.0 Å². The number of amides is 1. The Morgan fingerprint density at radius 3 is 2.61 bits per heavy atom. The van der Waals surface area contributed by atoms with Gasteiger partial charge in [0.2, 0.25) is 5.75 Å². The van der Waals surface area contributed by atoms with Gasteiger partial charge in [0.1, 0.15) is 5.82 Å². The van der Waals surface area contributed by atoms with Gasteiger partial charge in [0.15, 0.2) is 5.69 Å². The number of hydrogen-bond acceptors (Lipinski definition) is 5. The minimum atomic E-state index is -0.577. The lowest BCUT2D eigenvalue weighted by Crippen LogP contribution is -2.25. The number of aromatic nitrogens is 2. The number of hydrogen-bond donors (Lipinski definition) is 3. The summed E-state index contributed by atoms with van der Waals surface area (Å²) in [7, 11) is 0. The summed E-state index contributed by atoms with van der Waals surface area (Å²) in [5, 5.41) is 21.4. The highest BCUT2D eigenvalue weighted by molar-refractivity contribution is 5.95. The highest BCUT2D eigenvalue weighted by atomic mass is 16.3. The molecule has 0 saturated heterocycles. The molecule has 3 N–H and O–H groups in total. The van der Waals surface area contributed by atoms with E-state index in [-0.39, 0.29) is 11.5 Å². The van der Waals surface area contributed by atoms with Crippen molar-refractivity contribution < 1.29 is 15.0 Å². The second-order valence-electron chi connectivity index (χ2n) is 4.11. The fraction of sp³-hybridized carbons (Fsp3) is 0.583. The maximum Gasteiger partial charge on any atom is 0.274 e. The van der Waals surface area contributed by atoms with Crippen molar-refractivity contribution in [2.75, 3.05) is 6.54 Å². The van der Waals surface area contributed by atoms with Crippen LogP contribution in [0.25, 0.3) is 0 Å². The first kappa shape index (κ1) is 14.2. The summed E-state index contributed by atoms with van der Waals surface area (Å²) in [5.41, 5.74) is -0.185. The van der Waals surface area contributed by atoms with Gasteiger partial charge in [0.25, 0.3) is 11.8 Å². The van der Waals surface area contributed by atoms with Gasteiger partial charge < -0.3 is 15.5 Å². The first-order valence-corrected chi connectivity index (χ1v) is 6.11. The SMILES string of the molecule is CCCCCCNC(=O)c1nc(C)nc(O)c1O. The lowest BCUT2D eigenvalue weighted by Gasteiger charge is -2.07. The highest BCUT2D eigenvalue weighted by Crippen LogP contribution is 2.24. The summed E-state index contributed by atoms with van der Waals surface area (Å²) in [4.78, 5) is 19.1. The molecule has 0 aliphatic carbocycles. The summed E-state index contributed by atoms with van der Waals surface area (Å²) in [5.74, 6) is -1.41. The minimum Gasteiger partial charge on any atom is -0.501 e. The number of carbonyl (C=O) groups excluding carboxylic acids is 1. The van der Waals surface area contributed by atoms with E-state index >= 15 is 0 Å². The first-order valence-electron chi connectivity index (χ1n) is 6.11. The van der Waals surface area contributed by atoms with Crippen LogP contribution < -0.4 is 5.32 Å². The number of nitrogens with one attached hydrogen (secondary N) is 1. The van der Waals surface area contributed by atoms with Crippen LogP contribution in [0.4, 0.5) is 0 Å². The number of aryl methyl sites for hydroxylation is 1. The molecule has 0 radical (unpaired) electrons. The molecule has 1 amide bonds. The largest absolute Gasteiger partial charge is 0.501 e. The van der Waals surface area contributed by atoms with E-state index in [4.69, 9.17) is 0 Å². The van der Waals surface area contributed by atoms with Gasteiger partial charge >= 0.3 is 0 Å². The Morgan fingerprint density at radius 1 is 1.22 bits per heavy atom. The predicted octanol–water partition coefficient (Wildman–Crippen LogP) is 1.51. The Hall–Kier alpha value is -1.85. The third kappa shape index (κ3) is 3.87. The Morgan fingerprint density at radius 2 is 1.94 bits per heavy atom. The Balaban J connectivity index is 2.56. The van der Waals surface area contributed by atoms with Gasteiger partial charge in [-0.2, -0.15) is 4.98 Å². The van der Waals surface area contributed by atoms with Crippen molar-refractivity contribution in [3.63, 3.8) is 0 Å². The van der Waals surface area contributed by atoms with Gasteiger partial charge in [-0.1, -0.05) is 26.2 Å². The second-order valence-corrected chi connectivity index (χ2v) is 4.11. The van der Waals surface area contributed by atoms with Crippen LogP contribution in [0.3, 0.4) is 0 Å². The van der Waals surface area contributed by atoms with Crippen LogP contribution >= 0.6 is 0 Å². The lowest BCUT2D eigenvalue weighted by atomic mass is 10.2. The Bertz CT molecular complexity index is 421. The molecular weight excluding hydrogens is 234 g/mol. The molecule has 0 bridgehead atoms. The van der Waals surface area contributed by atoms with Crippen LogP contribution in [0, 0.1) is 6.92 Å². The molecule has 0 aromatic carbocycles. The van der Waals surface area contributed by atoms with Crippen LogP contribution in [0.15, 0.2) is 0 Å². The van der Waals surface area contributed by atoms with Crippen LogP contribution in [-0.2, 0) is 0 Å². The molecule has 0 saturated carbocycles. The topological polar surface area (TPSA) is 95.3 Å². The van der Waals surface area contributed by atoms with E-state index in [0.29, 0.717) is 6.54 Å². The number of unbranched alkanes of at least 4 members (excludes halogenated alkanes) is 3. The molecule has 18 heavy (non-hydrogen) atoms. The molecule has 1 aromatic heterocycles. The number of carbonyl (C=O) groups is 1. The molecule has 0 spiro atoms. The van der Waals surface area contributed by atoms with Crippen molar-refractivity contribution in [1.82, 2.24) is 15.3 Å².